The minimum atomic E-state index is -0.960. The third-order valence-electron chi connectivity index (χ3n) is 7.23. The molecule has 12 nitrogen and oxygen atoms in total. The van der Waals surface area contributed by atoms with Gasteiger partial charge in [-0.15, -0.1) is 0 Å². The molecular weight excluding hydrogens is 578 g/mol. The summed E-state index contributed by atoms with van der Waals surface area (Å²) in [6, 6.07) is 7.06. The predicted molar refractivity (Wildman–Crippen MR) is 172 cm³/mol. The maximum Gasteiger partial charge on any atom is 0.246 e. The number of amides is 5. The molecule has 1 rings (SSSR count). The van der Waals surface area contributed by atoms with E-state index in [1.54, 1.807) is 5.48 Å². The number of hydrogen-bond acceptors (Lipinski definition) is 7. The first kappa shape index (κ1) is 39.5. The summed E-state index contributed by atoms with van der Waals surface area (Å²) in [5.74, 6) is -2.61. The molecule has 0 saturated carbocycles. The van der Waals surface area contributed by atoms with E-state index in [9.17, 15) is 24.0 Å². The lowest BCUT2D eigenvalue weighted by Crippen LogP contribution is -2.47. The largest absolute Gasteiger partial charge is 0.380 e. The molecule has 0 heterocycles. The molecule has 1 aromatic carbocycles. The van der Waals surface area contributed by atoms with Crippen LogP contribution >= 0.6 is 0 Å². The average Bonchev–Trinajstić information content (AvgIpc) is 2.96. The van der Waals surface area contributed by atoms with E-state index in [-0.39, 0.29) is 42.4 Å². The van der Waals surface area contributed by atoms with Crippen molar-refractivity contribution < 1.29 is 33.9 Å². The van der Waals surface area contributed by atoms with Crippen molar-refractivity contribution in [2.24, 2.45) is 22.7 Å². The van der Waals surface area contributed by atoms with Crippen molar-refractivity contribution in [3.8, 4) is 0 Å². The highest BCUT2D eigenvalue weighted by Gasteiger charge is 2.28. The molecule has 0 bridgehead atoms. The van der Waals surface area contributed by atoms with E-state index in [0.29, 0.717) is 39.1 Å². The van der Waals surface area contributed by atoms with Crippen molar-refractivity contribution in [1.29, 1.82) is 0 Å². The van der Waals surface area contributed by atoms with E-state index in [2.05, 4.69) is 21.3 Å². The van der Waals surface area contributed by atoms with Gasteiger partial charge in [0.05, 0.1) is 13.2 Å². The van der Waals surface area contributed by atoms with Crippen molar-refractivity contribution in [1.82, 2.24) is 26.7 Å². The van der Waals surface area contributed by atoms with E-state index in [1.165, 1.54) is 12.6 Å². The van der Waals surface area contributed by atoms with Gasteiger partial charge in [-0.25, -0.2) is 5.48 Å². The molecule has 0 fully saturated rings. The maximum atomic E-state index is 12.6. The Morgan fingerprint density at radius 3 is 2.07 bits per heavy atom. The van der Waals surface area contributed by atoms with Gasteiger partial charge in [-0.2, -0.15) is 0 Å². The van der Waals surface area contributed by atoms with E-state index in [1.807, 2.05) is 72.7 Å². The highest BCUT2D eigenvalue weighted by atomic mass is 16.5. The van der Waals surface area contributed by atoms with Crippen molar-refractivity contribution in [2.45, 2.75) is 93.2 Å². The number of nitrogens with one attached hydrogen (secondary N) is 5. The second-order valence-electron chi connectivity index (χ2n) is 13.8. The smallest absolute Gasteiger partial charge is 0.246 e. The monoisotopic (exact) mass is 633 g/mol. The van der Waals surface area contributed by atoms with Gasteiger partial charge in [0.25, 0.3) is 0 Å². The van der Waals surface area contributed by atoms with E-state index >= 15 is 0 Å². The van der Waals surface area contributed by atoms with Gasteiger partial charge in [-0.05, 0) is 36.7 Å². The van der Waals surface area contributed by atoms with Crippen LogP contribution in [0, 0.1) is 29.6 Å². The number of aryl methyl sites for hydroxylation is 1. The Kier molecular flexibility index (Phi) is 16.8. The minimum Gasteiger partial charge on any atom is -0.380 e. The molecule has 254 valence electrons. The molecule has 0 aliphatic carbocycles. The quantitative estimate of drug-likeness (QED) is 0.0945. The lowest BCUT2D eigenvalue weighted by Gasteiger charge is -2.29. The number of hydroxylamine groups is 1. The zero-order valence-electron chi connectivity index (χ0n) is 28.3. The van der Waals surface area contributed by atoms with Crippen LogP contribution in [-0.4, -0.2) is 67.6 Å². The number of ether oxygens (including phenoxy) is 1. The third-order valence-corrected chi connectivity index (χ3v) is 7.23. The van der Waals surface area contributed by atoms with Gasteiger partial charge in [0, 0.05) is 50.7 Å². The molecule has 2 atom stereocenters. The second kappa shape index (κ2) is 19.1. The molecule has 0 aromatic heterocycles. The fraction of sp³-hybridized carbons (Fsp3) is 0.667. The summed E-state index contributed by atoms with van der Waals surface area (Å²) in [7, 11) is 1.43. The number of carbonyl (C=O) groups is 5. The molecule has 0 aliphatic rings. The number of rotatable bonds is 20. The summed E-state index contributed by atoms with van der Waals surface area (Å²) in [5.41, 5.74) is 3.02. The normalized spacial score (nSPS) is 13.0. The first-order valence-electron chi connectivity index (χ1n) is 15.6. The van der Waals surface area contributed by atoms with Gasteiger partial charge in [0.15, 0.2) is 0 Å². The zero-order chi connectivity index (χ0) is 34.2. The Bertz CT molecular complexity index is 1120. The van der Waals surface area contributed by atoms with Crippen LogP contribution in [0.25, 0.3) is 0 Å². The van der Waals surface area contributed by atoms with Gasteiger partial charge >= 0.3 is 0 Å². The van der Waals surface area contributed by atoms with E-state index in [4.69, 9.17) is 9.94 Å². The Morgan fingerprint density at radius 2 is 1.49 bits per heavy atom. The Hall–Kier alpha value is -3.51. The van der Waals surface area contributed by atoms with Crippen LogP contribution in [0.1, 0.15) is 84.8 Å². The van der Waals surface area contributed by atoms with Crippen LogP contribution in [0.2, 0.25) is 0 Å². The van der Waals surface area contributed by atoms with Gasteiger partial charge in [-0.3, -0.25) is 29.2 Å². The number of likely N-dealkylation sites (N-methyl/N-ethyl adjacent to an activating group) is 1. The fourth-order valence-corrected chi connectivity index (χ4v) is 4.67. The van der Waals surface area contributed by atoms with Crippen molar-refractivity contribution in [3.05, 3.63) is 35.4 Å². The molecule has 12 heteroatoms. The number of carbonyl (C=O) groups excluding carboxylic acids is 5. The molecule has 6 N–H and O–H groups in total. The zero-order valence-corrected chi connectivity index (χ0v) is 28.3. The molecule has 1 unspecified atom stereocenters. The maximum absolute atomic E-state index is 12.6. The predicted octanol–water partition coefficient (Wildman–Crippen LogP) is 2.76. The first-order chi connectivity index (χ1) is 21.0. The summed E-state index contributed by atoms with van der Waals surface area (Å²) in [5, 5.41) is 19.9. The first-order valence-corrected chi connectivity index (χ1v) is 15.6. The highest BCUT2D eigenvalue weighted by molar-refractivity contribution is 5.90. The number of benzene rings is 1. The summed E-state index contributed by atoms with van der Waals surface area (Å²) in [6.07, 6.45) is 0.551. The summed E-state index contributed by atoms with van der Waals surface area (Å²) >= 11 is 0. The SMILES string of the molecule is CNC(=O)[C@H](CCC(=O)NCC(C)(C)COCC(C)(C)CC(=O)NCc1ccc(C)cc1)NC(=O)CC(CC(C)C)C(=O)NO. The average molecular weight is 634 g/mol. The molecule has 0 saturated heterocycles. The van der Waals surface area contributed by atoms with Crippen molar-refractivity contribution >= 4 is 29.5 Å². The van der Waals surface area contributed by atoms with Crippen LogP contribution in [0.15, 0.2) is 24.3 Å². The second-order valence-corrected chi connectivity index (χ2v) is 13.8. The molecule has 0 radical (unpaired) electrons. The molecule has 45 heavy (non-hydrogen) atoms. The molecule has 5 amide bonds. The summed E-state index contributed by atoms with van der Waals surface area (Å²) in [4.78, 5) is 62.1. The van der Waals surface area contributed by atoms with Crippen molar-refractivity contribution in [2.75, 3.05) is 26.8 Å². The highest BCUT2D eigenvalue weighted by Crippen LogP contribution is 2.23. The van der Waals surface area contributed by atoms with Crippen molar-refractivity contribution in [3.63, 3.8) is 0 Å². The molecule has 1 aromatic rings. The Morgan fingerprint density at radius 1 is 0.867 bits per heavy atom. The molecular formula is C33H55N5O7. The van der Waals surface area contributed by atoms with Crippen LogP contribution in [-0.2, 0) is 35.3 Å². The topological polar surface area (TPSA) is 175 Å². The third kappa shape index (κ3) is 16.9. The lowest BCUT2D eigenvalue weighted by atomic mass is 9.89. The van der Waals surface area contributed by atoms with Gasteiger partial charge < -0.3 is 26.0 Å². The molecule has 0 spiro atoms. The van der Waals surface area contributed by atoms with Crippen LogP contribution in [0.4, 0.5) is 0 Å². The van der Waals surface area contributed by atoms with Gasteiger partial charge in [-0.1, -0.05) is 71.4 Å². The lowest BCUT2D eigenvalue weighted by molar-refractivity contribution is -0.137. The van der Waals surface area contributed by atoms with E-state index in [0.717, 1.165) is 5.56 Å². The molecule has 0 aliphatic heterocycles. The van der Waals surface area contributed by atoms with Crippen LogP contribution in [0.3, 0.4) is 0 Å². The van der Waals surface area contributed by atoms with Gasteiger partial charge in [0.1, 0.15) is 6.04 Å². The van der Waals surface area contributed by atoms with Crippen LogP contribution < -0.4 is 26.7 Å². The van der Waals surface area contributed by atoms with Gasteiger partial charge in [0.2, 0.25) is 29.5 Å². The minimum absolute atomic E-state index is 0.00736. The number of hydrogen-bond donors (Lipinski definition) is 6. The van der Waals surface area contributed by atoms with E-state index < -0.39 is 35.1 Å². The standard InChI is InChI=1S/C33H55N5O7/c1-22(2)15-25(30(42)38-44)16-28(40)37-26(31(43)34-8)13-14-27(39)36-19-33(6,7)21-45-20-32(4,5)17-29(41)35-18-24-11-9-23(3)10-12-24/h9-12,22,25-26,44H,13-21H2,1-8H3,(H,34,43)(H,35,41)(H,36,39)(H,37,40)(H,38,42)/t25?,26-/m0/s1. The Balaban J connectivity index is 2.49. The fourth-order valence-electron chi connectivity index (χ4n) is 4.67. The van der Waals surface area contributed by atoms with Crippen LogP contribution in [0.5, 0.6) is 0 Å². The summed E-state index contributed by atoms with van der Waals surface area (Å²) in [6.45, 7) is 15.2. The Labute approximate surface area is 268 Å². The summed E-state index contributed by atoms with van der Waals surface area (Å²) < 4.78 is 5.96.